The van der Waals surface area contributed by atoms with Crippen molar-refractivity contribution < 1.29 is 18.0 Å². The molecule has 8 heteroatoms. The number of hydrogen-bond acceptors (Lipinski definition) is 3. The minimum atomic E-state index is -4.44. The number of rotatable bonds is 3. The molecule has 0 aliphatic rings. The number of fused-ring (bicyclic) bond motifs is 1. The summed E-state index contributed by atoms with van der Waals surface area (Å²) in [4.78, 5) is 15.2. The van der Waals surface area contributed by atoms with Crippen molar-refractivity contribution in [2.45, 2.75) is 18.1 Å². The molecule has 0 atom stereocenters. The molecule has 102 valence electrons. The van der Waals surface area contributed by atoms with Crippen LogP contribution < -0.4 is 5.73 Å². The summed E-state index contributed by atoms with van der Waals surface area (Å²) in [5.41, 5.74) is 4.64. The Morgan fingerprint density at radius 3 is 2.68 bits per heavy atom. The van der Waals surface area contributed by atoms with Gasteiger partial charge in [-0.15, -0.1) is 11.8 Å². The summed E-state index contributed by atoms with van der Waals surface area (Å²) in [6.07, 6.45) is -3.52. The molecule has 0 fully saturated rings. The van der Waals surface area contributed by atoms with Crippen molar-refractivity contribution in [3.05, 3.63) is 29.6 Å². The number of carbonyl (C=O) groups is 1. The summed E-state index contributed by atoms with van der Waals surface area (Å²) in [6.45, 7) is 1.82. The molecule has 19 heavy (non-hydrogen) atoms. The number of nitrogens with two attached hydrogens (primary N) is 1. The average molecular weight is 289 g/mol. The van der Waals surface area contributed by atoms with Gasteiger partial charge in [0.2, 0.25) is 0 Å². The zero-order chi connectivity index (χ0) is 14.2. The van der Waals surface area contributed by atoms with Gasteiger partial charge in [-0.2, -0.15) is 13.2 Å². The van der Waals surface area contributed by atoms with Gasteiger partial charge in [0, 0.05) is 6.20 Å². The fourth-order valence-electron chi connectivity index (χ4n) is 1.63. The zero-order valence-electron chi connectivity index (χ0n) is 9.86. The molecule has 2 rings (SSSR count). The first-order valence-electron chi connectivity index (χ1n) is 5.36. The van der Waals surface area contributed by atoms with E-state index >= 15 is 0 Å². The van der Waals surface area contributed by atoms with Crippen molar-refractivity contribution in [2.75, 3.05) is 5.75 Å². The smallest absolute Gasteiger partial charge is 0.364 e. The van der Waals surface area contributed by atoms with Crippen LogP contribution in [0.15, 0.2) is 23.4 Å². The van der Waals surface area contributed by atoms with Crippen LogP contribution in [0.2, 0.25) is 0 Å². The number of thioether (sulfide) groups is 1. The minimum Gasteiger partial charge on any atom is -0.364 e. The highest BCUT2D eigenvalue weighted by atomic mass is 32.2. The Balaban J connectivity index is 2.69. The molecule has 0 radical (unpaired) electrons. The van der Waals surface area contributed by atoms with Gasteiger partial charge in [-0.25, -0.2) is 4.98 Å². The monoisotopic (exact) mass is 289 g/mol. The Morgan fingerprint density at radius 1 is 1.47 bits per heavy atom. The lowest BCUT2D eigenvalue weighted by atomic mass is 10.3. The topological polar surface area (TPSA) is 60.4 Å². The molecule has 0 aliphatic heterocycles. The van der Waals surface area contributed by atoms with Gasteiger partial charge in [-0.05, 0) is 17.9 Å². The maximum Gasteiger partial charge on any atom is 0.417 e. The van der Waals surface area contributed by atoms with Crippen molar-refractivity contribution in [3.8, 4) is 0 Å². The molecule has 2 aromatic heterocycles. The lowest BCUT2D eigenvalue weighted by Crippen LogP contribution is -2.12. The molecule has 0 saturated carbocycles. The van der Waals surface area contributed by atoms with Crippen LogP contribution in [0.3, 0.4) is 0 Å². The number of amides is 1. The van der Waals surface area contributed by atoms with E-state index in [9.17, 15) is 18.0 Å². The second kappa shape index (κ2) is 4.76. The normalized spacial score (nSPS) is 12.0. The molecule has 4 nitrogen and oxygen atoms in total. The van der Waals surface area contributed by atoms with Crippen LogP contribution in [0.5, 0.6) is 0 Å². The third-order valence-corrected chi connectivity index (χ3v) is 3.37. The van der Waals surface area contributed by atoms with Crippen LogP contribution in [0.25, 0.3) is 5.65 Å². The van der Waals surface area contributed by atoms with Crippen molar-refractivity contribution in [2.24, 2.45) is 5.73 Å². The van der Waals surface area contributed by atoms with Gasteiger partial charge in [0.1, 0.15) is 10.7 Å². The molecule has 0 saturated heterocycles. The SMILES string of the molecule is CCSc1c(C(N)=O)nc2ccc(C(F)(F)F)cn12. The molecule has 2 aromatic rings. The van der Waals surface area contributed by atoms with Crippen LogP contribution in [-0.2, 0) is 6.18 Å². The van der Waals surface area contributed by atoms with Crippen molar-refractivity contribution in [3.63, 3.8) is 0 Å². The number of halogens is 3. The first kappa shape index (κ1) is 13.7. The predicted molar refractivity (Wildman–Crippen MR) is 65.1 cm³/mol. The first-order valence-corrected chi connectivity index (χ1v) is 6.35. The zero-order valence-corrected chi connectivity index (χ0v) is 10.7. The Bertz CT molecular complexity index is 636. The lowest BCUT2D eigenvalue weighted by Gasteiger charge is -2.07. The number of imidazole rings is 1. The van der Waals surface area contributed by atoms with Crippen LogP contribution in [0.1, 0.15) is 23.0 Å². The highest BCUT2D eigenvalue weighted by Gasteiger charge is 2.31. The number of alkyl halides is 3. The Labute approximate surface area is 110 Å². The Kier molecular flexibility index (Phi) is 3.44. The van der Waals surface area contributed by atoms with Gasteiger partial charge in [0.25, 0.3) is 5.91 Å². The second-order valence-corrected chi connectivity index (χ2v) is 4.96. The third-order valence-electron chi connectivity index (χ3n) is 2.42. The summed E-state index contributed by atoms with van der Waals surface area (Å²) in [5, 5.41) is 0.330. The number of aromatic nitrogens is 2. The van der Waals surface area contributed by atoms with Gasteiger partial charge >= 0.3 is 6.18 Å². The van der Waals surface area contributed by atoms with Gasteiger partial charge in [0.15, 0.2) is 5.69 Å². The quantitative estimate of drug-likeness (QED) is 0.883. The number of carbonyl (C=O) groups excluding carboxylic acids is 1. The van der Waals surface area contributed by atoms with E-state index in [4.69, 9.17) is 5.73 Å². The molecule has 0 bridgehead atoms. The number of pyridine rings is 1. The van der Waals surface area contributed by atoms with E-state index in [2.05, 4.69) is 4.98 Å². The van der Waals surface area contributed by atoms with E-state index in [1.807, 2.05) is 6.92 Å². The first-order chi connectivity index (χ1) is 8.84. The highest BCUT2D eigenvalue weighted by Crippen LogP contribution is 2.31. The summed E-state index contributed by atoms with van der Waals surface area (Å²) in [7, 11) is 0. The summed E-state index contributed by atoms with van der Waals surface area (Å²) in [6, 6.07) is 2.14. The predicted octanol–water partition coefficient (Wildman–Crippen LogP) is 2.56. The number of primary amides is 1. The number of nitrogens with zero attached hydrogens (tertiary/aromatic N) is 2. The Morgan fingerprint density at radius 2 is 2.16 bits per heavy atom. The van der Waals surface area contributed by atoms with Gasteiger partial charge in [0.05, 0.1) is 5.56 Å². The molecule has 1 amide bonds. The molecule has 2 N–H and O–H groups in total. The lowest BCUT2D eigenvalue weighted by molar-refractivity contribution is -0.137. The van der Waals surface area contributed by atoms with Gasteiger partial charge < -0.3 is 5.73 Å². The van der Waals surface area contributed by atoms with Crippen molar-refractivity contribution >= 4 is 23.3 Å². The van der Waals surface area contributed by atoms with E-state index in [0.29, 0.717) is 10.8 Å². The van der Waals surface area contributed by atoms with E-state index in [1.165, 1.54) is 22.2 Å². The van der Waals surface area contributed by atoms with E-state index < -0.39 is 17.6 Å². The molecule has 0 unspecified atom stereocenters. The van der Waals surface area contributed by atoms with E-state index in [-0.39, 0.29) is 11.3 Å². The molecule has 0 aromatic carbocycles. The van der Waals surface area contributed by atoms with Crippen LogP contribution in [0, 0.1) is 0 Å². The second-order valence-electron chi connectivity index (χ2n) is 3.71. The van der Waals surface area contributed by atoms with E-state index in [1.54, 1.807) is 0 Å². The van der Waals surface area contributed by atoms with Crippen LogP contribution in [-0.4, -0.2) is 21.0 Å². The maximum absolute atomic E-state index is 12.7. The Hall–Kier alpha value is -1.70. The fourth-order valence-corrected chi connectivity index (χ4v) is 2.47. The highest BCUT2D eigenvalue weighted by molar-refractivity contribution is 7.99. The van der Waals surface area contributed by atoms with Crippen LogP contribution >= 0.6 is 11.8 Å². The third kappa shape index (κ3) is 2.53. The molecular formula is C11H10F3N3OS. The average Bonchev–Trinajstić information content (AvgIpc) is 2.67. The van der Waals surface area contributed by atoms with E-state index in [0.717, 1.165) is 12.3 Å². The summed E-state index contributed by atoms with van der Waals surface area (Å²) >= 11 is 1.22. The number of hydrogen-bond donors (Lipinski definition) is 1. The van der Waals surface area contributed by atoms with Gasteiger partial charge in [-0.1, -0.05) is 6.92 Å². The van der Waals surface area contributed by atoms with Crippen molar-refractivity contribution in [1.29, 1.82) is 0 Å². The molecule has 2 heterocycles. The standard InChI is InChI=1S/C11H10F3N3OS/c1-2-19-10-8(9(15)18)16-7-4-3-6(5-17(7)10)11(12,13)14/h3-5H,2H2,1H3,(H2,15,18). The largest absolute Gasteiger partial charge is 0.417 e. The van der Waals surface area contributed by atoms with Crippen LogP contribution in [0.4, 0.5) is 13.2 Å². The summed E-state index contributed by atoms with van der Waals surface area (Å²) < 4.78 is 39.2. The van der Waals surface area contributed by atoms with Gasteiger partial charge in [-0.3, -0.25) is 9.20 Å². The molecular weight excluding hydrogens is 279 g/mol. The fraction of sp³-hybridized carbons (Fsp3) is 0.273. The molecule has 0 aliphatic carbocycles. The maximum atomic E-state index is 12.7. The summed E-state index contributed by atoms with van der Waals surface area (Å²) in [5.74, 6) is -0.169. The minimum absolute atomic E-state index is 0.00817. The van der Waals surface area contributed by atoms with Crippen molar-refractivity contribution in [1.82, 2.24) is 9.38 Å². The molecule has 0 spiro atoms.